The number of aliphatic hydroxyl groups is 2. The number of nitrogens with zero attached hydrogens (tertiary/aromatic N) is 1. The van der Waals surface area contributed by atoms with Gasteiger partial charge in [-0.1, -0.05) is 55.5 Å². The molecule has 1 heterocycles. The Morgan fingerprint density at radius 1 is 1.12 bits per heavy atom. The number of carboxylic acids is 1. The van der Waals surface area contributed by atoms with Gasteiger partial charge < -0.3 is 20.4 Å². The molecule has 0 aromatic heterocycles. The van der Waals surface area contributed by atoms with Gasteiger partial charge in [0.25, 0.3) is 0 Å². The number of unbranched alkanes of at least 4 members (excludes halogenated alkanes) is 2. The van der Waals surface area contributed by atoms with Gasteiger partial charge in [-0.2, -0.15) is 0 Å². The molecule has 8 nitrogen and oxygen atoms in total. The number of imide groups is 1. The van der Waals surface area contributed by atoms with Gasteiger partial charge in [-0.05, 0) is 74.3 Å². The number of aromatic hydroxyl groups is 1. The maximum Gasteiger partial charge on any atom is 0.303 e. The van der Waals surface area contributed by atoms with Crippen LogP contribution in [0.2, 0.25) is 5.02 Å². The number of amides is 2. The van der Waals surface area contributed by atoms with Crippen molar-refractivity contribution in [1.29, 1.82) is 0 Å². The highest BCUT2D eigenvalue weighted by atomic mass is 35.5. The van der Waals surface area contributed by atoms with E-state index in [0.29, 0.717) is 55.5 Å². The largest absolute Gasteiger partial charge is 0.508 e. The number of phenols is 1. The van der Waals surface area contributed by atoms with Crippen LogP contribution in [0.15, 0.2) is 34.9 Å². The lowest BCUT2D eigenvalue weighted by Gasteiger charge is -2.36. The van der Waals surface area contributed by atoms with Gasteiger partial charge in [-0.25, -0.2) is 0 Å². The number of carbonyl (C=O) groups is 3. The molecule has 1 fully saturated rings. The molecule has 0 spiro atoms. The average molecular weight is 576 g/mol. The fourth-order valence-electron chi connectivity index (χ4n) is 6.23. The Bertz CT molecular complexity index is 1140. The first-order valence-electron chi connectivity index (χ1n) is 14.4. The van der Waals surface area contributed by atoms with Crippen LogP contribution in [0, 0.1) is 17.8 Å². The van der Waals surface area contributed by atoms with Crippen molar-refractivity contribution in [2.24, 2.45) is 17.8 Å². The number of likely N-dealkylation sites (tertiary alicyclic amines) is 1. The van der Waals surface area contributed by atoms with E-state index in [1.807, 2.05) is 13.0 Å². The van der Waals surface area contributed by atoms with Crippen LogP contribution >= 0.6 is 11.6 Å². The lowest BCUT2D eigenvalue weighted by molar-refractivity contribution is -0.141. The normalized spacial score (nSPS) is 22.2. The molecule has 2 amide bonds. The standard InChI is InChI=1S/C31H42ClNO7/c1-3-8-19(15-21-11-12-22(35)17-25(21)32)10-13-26(36)28-20(4-2)16-23-29(24(28)18-34)31(40)33(30(23)39)14-7-5-6-9-27(37)38/h11-12,15,17,23-24,26,29,34-36H,3-10,13-14,16,18H2,1-2H3,(H,37,38)/b19-15+/t23-,24+,26-,29-/m1/s1. The summed E-state index contributed by atoms with van der Waals surface area (Å²) < 4.78 is 0. The number of carbonyl (C=O) groups excluding carboxylic acids is 2. The molecule has 1 aromatic carbocycles. The number of benzene rings is 1. The molecule has 4 N–H and O–H groups in total. The fourth-order valence-corrected chi connectivity index (χ4v) is 6.46. The molecule has 1 aliphatic carbocycles. The number of fused-ring (bicyclic) bond motifs is 1. The molecule has 0 saturated carbocycles. The Kier molecular flexibility index (Phi) is 11.8. The molecule has 1 aromatic rings. The molecule has 220 valence electrons. The van der Waals surface area contributed by atoms with Crippen LogP contribution in [0.5, 0.6) is 5.75 Å². The first-order valence-corrected chi connectivity index (χ1v) is 14.8. The number of halogens is 1. The van der Waals surface area contributed by atoms with Gasteiger partial charge in [-0.15, -0.1) is 0 Å². The van der Waals surface area contributed by atoms with Crippen molar-refractivity contribution >= 4 is 35.5 Å². The van der Waals surface area contributed by atoms with Gasteiger partial charge in [-0.3, -0.25) is 19.3 Å². The Morgan fingerprint density at radius 3 is 2.50 bits per heavy atom. The minimum atomic E-state index is -0.865. The predicted molar refractivity (Wildman–Crippen MR) is 154 cm³/mol. The van der Waals surface area contributed by atoms with Crippen molar-refractivity contribution in [2.45, 2.75) is 84.2 Å². The summed E-state index contributed by atoms with van der Waals surface area (Å²) >= 11 is 6.31. The lowest BCUT2D eigenvalue weighted by Crippen LogP contribution is -2.39. The van der Waals surface area contributed by atoms with Crippen molar-refractivity contribution in [3.63, 3.8) is 0 Å². The van der Waals surface area contributed by atoms with E-state index in [-0.39, 0.29) is 37.1 Å². The summed E-state index contributed by atoms with van der Waals surface area (Å²) in [6.07, 6.45) is 6.54. The van der Waals surface area contributed by atoms with Crippen LogP contribution < -0.4 is 0 Å². The van der Waals surface area contributed by atoms with Gasteiger partial charge in [0.2, 0.25) is 11.8 Å². The minimum Gasteiger partial charge on any atom is -0.508 e. The van der Waals surface area contributed by atoms with E-state index in [2.05, 4.69) is 6.92 Å². The maximum atomic E-state index is 13.4. The first-order chi connectivity index (χ1) is 19.1. The number of allylic oxidation sites excluding steroid dienone is 2. The van der Waals surface area contributed by atoms with Crippen molar-refractivity contribution in [3.05, 3.63) is 45.5 Å². The third-order valence-electron chi connectivity index (χ3n) is 8.18. The molecule has 4 atom stereocenters. The molecule has 0 bridgehead atoms. The summed E-state index contributed by atoms with van der Waals surface area (Å²) in [6.45, 7) is 3.95. The fraction of sp³-hybridized carbons (Fsp3) is 0.581. The summed E-state index contributed by atoms with van der Waals surface area (Å²) in [5.41, 5.74) is 3.51. The molecule has 2 aliphatic rings. The number of rotatable bonds is 15. The number of carboxylic acid groups (broad SMARTS) is 1. The van der Waals surface area contributed by atoms with Crippen molar-refractivity contribution in [3.8, 4) is 5.75 Å². The third kappa shape index (κ3) is 7.53. The second-order valence-corrected chi connectivity index (χ2v) is 11.3. The SMILES string of the molecule is CCC/C(=C\c1ccc(O)cc1Cl)CC[C@@H](O)C1=C(CC)C[C@H]2C(=O)N(CCCCCC(=O)O)C(=O)[C@H]2[C@H]1CO. The van der Waals surface area contributed by atoms with Gasteiger partial charge in [0.15, 0.2) is 0 Å². The average Bonchev–Trinajstić information content (AvgIpc) is 3.15. The Balaban J connectivity index is 1.75. The summed E-state index contributed by atoms with van der Waals surface area (Å²) in [5, 5.41) is 40.8. The third-order valence-corrected chi connectivity index (χ3v) is 8.51. The number of aliphatic hydroxyl groups excluding tert-OH is 2. The maximum absolute atomic E-state index is 13.4. The van der Waals surface area contributed by atoms with Crippen LogP contribution in [0.4, 0.5) is 0 Å². The molecule has 9 heteroatoms. The van der Waals surface area contributed by atoms with Crippen LogP contribution in [0.1, 0.15) is 83.6 Å². The van der Waals surface area contributed by atoms with E-state index in [9.17, 15) is 29.7 Å². The van der Waals surface area contributed by atoms with Crippen molar-refractivity contribution in [2.75, 3.05) is 13.2 Å². The van der Waals surface area contributed by atoms with Gasteiger partial charge in [0.05, 0.1) is 29.6 Å². The monoisotopic (exact) mass is 575 g/mol. The lowest BCUT2D eigenvalue weighted by atomic mass is 9.67. The molecular formula is C31H42ClNO7. The minimum absolute atomic E-state index is 0.0574. The highest BCUT2D eigenvalue weighted by molar-refractivity contribution is 6.32. The molecule has 40 heavy (non-hydrogen) atoms. The van der Waals surface area contributed by atoms with Crippen molar-refractivity contribution < 1.29 is 34.8 Å². The number of aliphatic carboxylic acids is 1. The first kappa shape index (κ1) is 31.8. The number of phenolic OH excluding ortho intramolecular Hbond substituents is 1. The molecule has 1 aliphatic heterocycles. The van der Waals surface area contributed by atoms with E-state index < -0.39 is 29.8 Å². The molecule has 0 unspecified atom stereocenters. The quantitative estimate of drug-likeness (QED) is 0.126. The van der Waals surface area contributed by atoms with Crippen LogP contribution in [-0.4, -0.2) is 62.4 Å². The van der Waals surface area contributed by atoms with Gasteiger partial charge in [0.1, 0.15) is 5.75 Å². The van der Waals surface area contributed by atoms with E-state index in [1.54, 1.807) is 12.1 Å². The Morgan fingerprint density at radius 2 is 1.88 bits per heavy atom. The van der Waals surface area contributed by atoms with Crippen LogP contribution in [0.3, 0.4) is 0 Å². The number of hydrogen-bond donors (Lipinski definition) is 4. The van der Waals surface area contributed by atoms with Crippen molar-refractivity contribution in [1.82, 2.24) is 4.90 Å². The Labute approximate surface area is 241 Å². The molecular weight excluding hydrogens is 534 g/mol. The van der Waals surface area contributed by atoms with E-state index in [4.69, 9.17) is 16.7 Å². The van der Waals surface area contributed by atoms with Gasteiger partial charge in [0, 0.05) is 18.9 Å². The second kappa shape index (κ2) is 14.8. The summed E-state index contributed by atoms with van der Waals surface area (Å²) in [6, 6.07) is 4.83. The number of hydrogen-bond acceptors (Lipinski definition) is 6. The van der Waals surface area contributed by atoms with Gasteiger partial charge >= 0.3 is 5.97 Å². The second-order valence-electron chi connectivity index (χ2n) is 10.9. The zero-order valence-corrected chi connectivity index (χ0v) is 24.2. The highest BCUT2D eigenvalue weighted by Crippen LogP contribution is 2.47. The molecule has 3 rings (SSSR count). The summed E-state index contributed by atoms with van der Waals surface area (Å²) in [4.78, 5) is 38.7. The summed E-state index contributed by atoms with van der Waals surface area (Å²) in [7, 11) is 0. The predicted octanol–water partition coefficient (Wildman–Crippen LogP) is 5.34. The molecule has 0 radical (unpaired) electrons. The van der Waals surface area contributed by atoms with E-state index in [1.165, 1.54) is 11.0 Å². The zero-order valence-electron chi connectivity index (χ0n) is 23.4. The van der Waals surface area contributed by atoms with E-state index in [0.717, 1.165) is 29.6 Å². The van der Waals surface area contributed by atoms with Crippen LogP contribution in [-0.2, 0) is 14.4 Å². The van der Waals surface area contributed by atoms with E-state index >= 15 is 0 Å². The topological polar surface area (TPSA) is 135 Å². The zero-order chi connectivity index (χ0) is 29.4. The van der Waals surface area contributed by atoms with Crippen LogP contribution in [0.25, 0.3) is 6.08 Å². The Hall–Kier alpha value is -2.68. The smallest absolute Gasteiger partial charge is 0.303 e. The highest BCUT2D eigenvalue weighted by Gasteiger charge is 2.54. The molecule has 1 saturated heterocycles. The summed E-state index contributed by atoms with van der Waals surface area (Å²) in [5.74, 6) is -3.17.